The van der Waals surface area contributed by atoms with E-state index in [1.54, 1.807) is 5.01 Å². The van der Waals surface area contributed by atoms with E-state index < -0.39 is 5.60 Å². The summed E-state index contributed by atoms with van der Waals surface area (Å²) in [6.07, 6.45) is 2.81. The second-order valence-corrected chi connectivity index (χ2v) is 5.50. The zero-order valence-corrected chi connectivity index (χ0v) is 10.7. The highest BCUT2D eigenvalue weighted by Crippen LogP contribution is 2.26. The van der Waals surface area contributed by atoms with Crippen LogP contribution in [0.15, 0.2) is 11.8 Å². The predicted molar refractivity (Wildman–Crippen MR) is 65.1 cm³/mol. The van der Waals surface area contributed by atoms with Crippen molar-refractivity contribution in [3.05, 3.63) is 11.8 Å². The molecule has 17 heavy (non-hydrogen) atoms. The summed E-state index contributed by atoms with van der Waals surface area (Å²) in [7, 11) is 0. The minimum Gasteiger partial charge on any atom is -0.442 e. The highest BCUT2D eigenvalue weighted by atomic mass is 16.6. The van der Waals surface area contributed by atoms with Crippen molar-refractivity contribution in [1.82, 2.24) is 15.8 Å². The Kier molecular flexibility index (Phi) is 3.40. The molecule has 0 aromatic heterocycles. The fourth-order valence-corrected chi connectivity index (χ4v) is 2.12. The monoisotopic (exact) mass is 239 g/mol. The molecule has 1 amide bonds. The summed E-state index contributed by atoms with van der Waals surface area (Å²) in [5.41, 5.74) is 3.70. The molecule has 2 aliphatic heterocycles. The molecule has 0 aromatic rings. The molecule has 1 fully saturated rings. The van der Waals surface area contributed by atoms with Gasteiger partial charge < -0.3 is 10.1 Å². The minimum atomic E-state index is -0.458. The van der Waals surface area contributed by atoms with E-state index in [1.807, 2.05) is 20.8 Å². The summed E-state index contributed by atoms with van der Waals surface area (Å²) in [4.78, 5) is 12.0. The van der Waals surface area contributed by atoms with Crippen LogP contribution in [0.3, 0.4) is 0 Å². The first kappa shape index (κ1) is 12.4. The van der Waals surface area contributed by atoms with Gasteiger partial charge in [-0.1, -0.05) is 0 Å². The van der Waals surface area contributed by atoms with Gasteiger partial charge in [0.25, 0.3) is 0 Å². The average Bonchev–Trinajstić information content (AvgIpc) is 2.46. The van der Waals surface area contributed by atoms with E-state index >= 15 is 0 Å². The lowest BCUT2D eigenvalue weighted by Crippen LogP contribution is -2.40. The van der Waals surface area contributed by atoms with Gasteiger partial charge in [-0.15, -0.1) is 0 Å². The van der Waals surface area contributed by atoms with Crippen molar-refractivity contribution in [1.29, 1.82) is 0 Å². The largest absolute Gasteiger partial charge is 0.442 e. The molecule has 0 saturated carbocycles. The second kappa shape index (κ2) is 4.66. The quantitative estimate of drug-likeness (QED) is 0.667. The number of amides is 1. The maximum Gasteiger partial charge on any atom is 0.429 e. The average molecular weight is 239 g/mol. The minimum absolute atomic E-state index is 0.312. The summed E-state index contributed by atoms with van der Waals surface area (Å²) >= 11 is 0. The summed E-state index contributed by atoms with van der Waals surface area (Å²) in [6, 6.07) is 0. The van der Waals surface area contributed by atoms with Crippen LogP contribution < -0.4 is 10.7 Å². The molecule has 5 nitrogen and oxygen atoms in total. The molecule has 5 heteroatoms. The molecule has 2 aliphatic rings. The molecule has 0 aliphatic carbocycles. The lowest BCUT2D eigenvalue weighted by Gasteiger charge is -2.25. The van der Waals surface area contributed by atoms with Crippen LogP contribution in [0.2, 0.25) is 0 Å². The Balaban J connectivity index is 2.06. The molecule has 96 valence electrons. The van der Waals surface area contributed by atoms with Crippen LogP contribution >= 0.6 is 0 Å². The topological polar surface area (TPSA) is 53.6 Å². The van der Waals surface area contributed by atoms with Gasteiger partial charge in [0.15, 0.2) is 0 Å². The Morgan fingerprint density at radius 2 is 2.29 bits per heavy atom. The Labute approximate surface area is 102 Å². The SMILES string of the molecule is CC(C)(C)OC(=O)N1NCC2CCNCC=C21. The van der Waals surface area contributed by atoms with Crippen LogP contribution in [-0.4, -0.2) is 36.3 Å². The van der Waals surface area contributed by atoms with Crippen LogP contribution in [0.1, 0.15) is 27.2 Å². The number of hydrogen-bond donors (Lipinski definition) is 2. The first-order valence-corrected chi connectivity index (χ1v) is 6.15. The molecule has 1 saturated heterocycles. The zero-order chi connectivity index (χ0) is 12.5. The third kappa shape index (κ3) is 2.98. The van der Waals surface area contributed by atoms with E-state index in [2.05, 4.69) is 16.8 Å². The third-order valence-corrected chi connectivity index (χ3v) is 2.87. The molecule has 0 radical (unpaired) electrons. The van der Waals surface area contributed by atoms with Crippen LogP contribution in [0, 0.1) is 5.92 Å². The molecule has 1 unspecified atom stereocenters. The van der Waals surface area contributed by atoms with Crippen molar-refractivity contribution in [2.75, 3.05) is 19.6 Å². The standard InChI is InChI=1S/C12H21N3O2/c1-12(2,3)17-11(16)15-10-5-7-13-6-4-9(10)8-14-15/h5,9,13-14H,4,6-8H2,1-3H3. The van der Waals surface area contributed by atoms with Crippen molar-refractivity contribution in [2.45, 2.75) is 32.8 Å². The predicted octanol–water partition coefficient (Wildman–Crippen LogP) is 1.24. The lowest BCUT2D eigenvalue weighted by atomic mass is 10.0. The smallest absolute Gasteiger partial charge is 0.429 e. The number of nitrogens with one attached hydrogen (secondary N) is 2. The highest BCUT2D eigenvalue weighted by Gasteiger charge is 2.34. The van der Waals surface area contributed by atoms with Crippen molar-refractivity contribution >= 4 is 6.09 Å². The molecule has 0 spiro atoms. The van der Waals surface area contributed by atoms with E-state index in [0.29, 0.717) is 5.92 Å². The number of rotatable bonds is 0. The molecule has 2 N–H and O–H groups in total. The number of fused-ring (bicyclic) bond motifs is 1. The van der Waals surface area contributed by atoms with Gasteiger partial charge in [0, 0.05) is 24.7 Å². The maximum atomic E-state index is 12.0. The zero-order valence-electron chi connectivity index (χ0n) is 10.7. The van der Waals surface area contributed by atoms with E-state index in [4.69, 9.17) is 4.74 Å². The first-order valence-electron chi connectivity index (χ1n) is 6.15. The number of hydrogen-bond acceptors (Lipinski definition) is 4. The highest BCUT2D eigenvalue weighted by molar-refractivity contribution is 5.70. The van der Waals surface area contributed by atoms with Gasteiger partial charge in [-0.05, 0) is 39.8 Å². The summed E-state index contributed by atoms with van der Waals surface area (Å²) in [6.45, 7) is 8.25. The number of carbonyl (C=O) groups is 1. The summed E-state index contributed by atoms with van der Waals surface area (Å²) < 4.78 is 5.37. The molecule has 1 atom stereocenters. The molecule has 0 bridgehead atoms. The van der Waals surface area contributed by atoms with Gasteiger partial charge in [-0.3, -0.25) is 0 Å². The van der Waals surface area contributed by atoms with Gasteiger partial charge >= 0.3 is 6.09 Å². The molecular formula is C12H21N3O2. The Morgan fingerprint density at radius 3 is 3.00 bits per heavy atom. The molecule has 0 aromatic carbocycles. The van der Waals surface area contributed by atoms with Crippen molar-refractivity contribution in [3.8, 4) is 0 Å². The number of nitrogens with zero attached hydrogens (tertiary/aromatic N) is 1. The fraction of sp³-hybridized carbons (Fsp3) is 0.750. The van der Waals surface area contributed by atoms with E-state index in [0.717, 1.165) is 31.8 Å². The van der Waals surface area contributed by atoms with E-state index in [-0.39, 0.29) is 6.09 Å². The van der Waals surface area contributed by atoms with Gasteiger partial charge in [0.05, 0.1) is 0 Å². The van der Waals surface area contributed by atoms with Crippen molar-refractivity contribution < 1.29 is 9.53 Å². The van der Waals surface area contributed by atoms with Crippen LogP contribution in [-0.2, 0) is 4.74 Å². The number of ether oxygens (including phenoxy) is 1. The Morgan fingerprint density at radius 1 is 1.53 bits per heavy atom. The molecular weight excluding hydrogens is 218 g/mol. The molecule has 2 rings (SSSR count). The normalized spacial score (nSPS) is 25.0. The number of hydrazine groups is 1. The fourth-order valence-electron chi connectivity index (χ4n) is 2.12. The number of carbonyl (C=O) groups excluding carboxylic acids is 1. The Bertz CT molecular complexity index is 333. The van der Waals surface area contributed by atoms with Crippen LogP contribution in [0.4, 0.5) is 4.79 Å². The van der Waals surface area contributed by atoms with Gasteiger partial charge in [-0.2, -0.15) is 0 Å². The Hall–Kier alpha value is -1.07. The van der Waals surface area contributed by atoms with Gasteiger partial charge in [0.2, 0.25) is 0 Å². The van der Waals surface area contributed by atoms with E-state index in [9.17, 15) is 4.79 Å². The second-order valence-electron chi connectivity index (χ2n) is 5.50. The van der Waals surface area contributed by atoms with Crippen molar-refractivity contribution in [2.24, 2.45) is 5.92 Å². The molecule has 2 heterocycles. The summed E-state index contributed by atoms with van der Waals surface area (Å²) in [5.74, 6) is 0.414. The first-order chi connectivity index (χ1) is 7.97. The third-order valence-electron chi connectivity index (χ3n) is 2.87. The van der Waals surface area contributed by atoms with Gasteiger partial charge in [0.1, 0.15) is 5.60 Å². The van der Waals surface area contributed by atoms with Gasteiger partial charge in [-0.25, -0.2) is 15.2 Å². The maximum absolute atomic E-state index is 12.0. The summed E-state index contributed by atoms with van der Waals surface area (Å²) in [5, 5.41) is 4.86. The van der Waals surface area contributed by atoms with E-state index in [1.165, 1.54) is 0 Å². The lowest BCUT2D eigenvalue weighted by molar-refractivity contribution is 0.0264. The van der Waals surface area contributed by atoms with Crippen LogP contribution in [0.5, 0.6) is 0 Å². The van der Waals surface area contributed by atoms with Crippen LogP contribution in [0.25, 0.3) is 0 Å². The van der Waals surface area contributed by atoms with Crippen molar-refractivity contribution in [3.63, 3.8) is 0 Å².